The summed E-state index contributed by atoms with van der Waals surface area (Å²) in [7, 11) is 1.31. The topological polar surface area (TPSA) is 0 Å². The first-order chi connectivity index (χ1) is 2.91. The van der Waals surface area contributed by atoms with E-state index in [9.17, 15) is 0 Å². The summed E-state index contributed by atoms with van der Waals surface area (Å²) < 4.78 is 0. The van der Waals surface area contributed by atoms with Crippen LogP contribution in [0.1, 0.15) is 13.8 Å². The minimum Gasteiger partial charge on any atom is -0.0831 e. The molecule has 0 spiro atoms. The van der Waals surface area contributed by atoms with Crippen molar-refractivity contribution in [2.75, 3.05) is 0 Å². The summed E-state index contributed by atoms with van der Waals surface area (Å²) in [5.41, 5.74) is 0. The molecule has 0 amide bonds. The van der Waals surface area contributed by atoms with Gasteiger partial charge in [-0.05, 0) is 19.7 Å². The highest BCUT2D eigenvalue weighted by Crippen LogP contribution is 1.92. The fraction of sp³-hybridized carbons (Fsp3) is 0.400. The van der Waals surface area contributed by atoms with Gasteiger partial charge in [-0.25, -0.2) is 0 Å². The predicted molar refractivity (Wildman–Crippen MR) is 33.5 cm³/mol. The van der Waals surface area contributed by atoms with E-state index < -0.39 is 0 Å². The van der Waals surface area contributed by atoms with Crippen molar-refractivity contribution in [3.8, 4) is 0 Å². The summed E-state index contributed by atoms with van der Waals surface area (Å²) in [5, 5.41) is 0. The largest absolute Gasteiger partial charge is 0.0831 e. The Labute approximate surface area is 40.7 Å². The molecule has 6 heavy (non-hydrogen) atoms. The zero-order valence-corrected chi connectivity index (χ0v) is 5.07. The Bertz CT molecular complexity index is 52.3. The maximum Gasteiger partial charge on any atom is -0.0393 e. The van der Waals surface area contributed by atoms with Crippen LogP contribution in [0.25, 0.3) is 0 Å². The monoisotopic (exact) mass is 100 g/mol. The van der Waals surface area contributed by atoms with E-state index in [-0.39, 0.29) is 0 Å². The van der Waals surface area contributed by atoms with E-state index >= 15 is 0 Å². The minimum absolute atomic E-state index is 1.31. The van der Waals surface area contributed by atoms with Crippen molar-refractivity contribution in [2.45, 2.75) is 13.8 Å². The lowest BCUT2D eigenvalue weighted by Crippen LogP contribution is -1.37. The number of rotatable bonds is 1. The van der Waals surface area contributed by atoms with Gasteiger partial charge in [-0.15, -0.1) is 0 Å². The molecule has 0 heterocycles. The van der Waals surface area contributed by atoms with Crippen molar-refractivity contribution < 1.29 is 0 Å². The molecule has 0 aromatic rings. The molecule has 0 radical (unpaired) electrons. The van der Waals surface area contributed by atoms with Crippen molar-refractivity contribution in [1.82, 2.24) is 0 Å². The molecule has 0 bridgehead atoms. The van der Waals surface area contributed by atoms with E-state index in [4.69, 9.17) is 0 Å². The second kappa shape index (κ2) is 4.91. The Morgan fingerprint density at radius 3 is 2.17 bits per heavy atom. The molecule has 34 valence electrons. The second-order valence-electron chi connectivity index (χ2n) is 0.890. The molecule has 0 saturated carbocycles. The standard InChI is InChI=1S/C5H9P/c1-3-5-6-4-2/h3-5H,1-2H3/b5-3-. The molecule has 0 N–H and O–H groups in total. The van der Waals surface area contributed by atoms with Crippen LogP contribution in [0.5, 0.6) is 0 Å². The highest BCUT2D eigenvalue weighted by molar-refractivity contribution is 7.41. The lowest BCUT2D eigenvalue weighted by Gasteiger charge is -1.61. The third kappa shape index (κ3) is 3.91. The lowest BCUT2D eigenvalue weighted by atomic mass is 10.8. The number of hydrogen-bond donors (Lipinski definition) is 0. The fourth-order valence-corrected chi connectivity index (χ4v) is 0.516. The molecule has 0 rings (SSSR count). The van der Waals surface area contributed by atoms with Gasteiger partial charge in [0.25, 0.3) is 0 Å². The highest BCUT2D eigenvalue weighted by Gasteiger charge is 1.49. The van der Waals surface area contributed by atoms with Gasteiger partial charge in [-0.2, -0.15) is 0 Å². The Kier molecular flexibility index (Phi) is 4.84. The van der Waals surface area contributed by atoms with Gasteiger partial charge in [0.1, 0.15) is 0 Å². The van der Waals surface area contributed by atoms with Gasteiger partial charge in [-0.1, -0.05) is 20.1 Å². The smallest absolute Gasteiger partial charge is 0.0393 e. The van der Waals surface area contributed by atoms with Crippen LogP contribution in [0.4, 0.5) is 0 Å². The molecule has 0 aliphatic carbocycles. The Morgan fingerprint density at radius 2 is 2.00 bits per heavy atom. The molecule has 0 aliphatic rings. The summed E-state index contributed by atoms with van der Waals surface area (Å²) >= 11 is 0. The van der Waals surface area contributed by atoms with E-state index in [1.54, 1.807) is 0 Å². The molecule has 0 saturated heterocycles. The summed E-state index contributed by atoms with van der Waals surface area (Å²) in [5.74, 6) is 4.19. The van der Waals surface area contributed by atoms with Crippen LogP contribution in [0.2, 0.25) is 0 Å². The van der Waals surface area contributed by atoms with Gasteiger partial charge >= 0.3 is 0 Å². The molecular weight excluding hydrogens is 91.0 g/mol. The minimum atomic E-state index is 1.31. The quantitative estimate of drug-likeness (QED) is 0.443. The SMILES string of the molecule is CC=P/C=C\C. The maximum atomic E-state index is 2.10. The first-order valence-corrected chi connectivity index (χ1v) is 3.04. The Hall–Kier alpha value is -0.0900. The maximum absolute atomic E-state index is 2.10. The molecule has 0 atom stereocenters. The number of hydrogen-bond acceptors (Lipinski definition) is 0. The first-order valence-electron chi connectivity index (χ1n) is 2.00. The summed E-state index contributed by atoms with van der Waals surface area (Å²) in [4.78, 5) is 0. The van der Waals surface area contributed by atoms with E-state index in [0.717, 1.165) is 0 Å². The summed E-state index contributed by atoms with van der Waals surface area (Å²) in [6.45, 7) is 4.07. The molecule has 0 unspecified atom stereocenters. The normalized spacial score (nSPS) is 11.7. The molecule has 1 heteroatoms. The van der Waals surface area contributed by atoms with Crippen molar-refractivity contribution in [3.05, 3.63) is 11.9 Å². The van der Waals surface area contributed by atoms with Crippen LogP contribution in [-0.2, 0) is 0 Å². The molecule has 0 aromatic heterocycles. The van der Waals surface area contributed by atoms with E-state index in [0.29, 0.717) is 0 Å². The molecule has 0 fully saturated rings. The van der Waals surface area contributed by atoms with Crippen LogP contribution in [-0.4, -0.2) is 5.80 Å². The molecule has 0 nitrogen and oxygen atoms in total. The fourth-order valence-electron chi connectivity index (χ4n) is 0.172. The Morgan fingerprint density at radius 1 is 1.33 bits per heavy atom. The van der Waals surface area contributed by atoms with Gasteiger partial charge in [0.15, 0.2) is 0 Å². The molecular formula is C5H9P. The summed E-state index contributed by atoms with van der Waals surface area (Å²) in [6.07, 6.45) is 2.04. The zero-order chi connectivity index (χ0) is 4.83. The van der Waals surface area contributed by atoms with E-state index in [1.165, 1.54) is 8.20 Å². The van der Waals surface area contributed by atoms with Gasteiger partial charge in [-0.3, -0.25) is 0 Å². The van der Waals surface area contributed by atoms with Crippen molar-refractivity contribution >= 4 is 14.0 Å². The van der Waals surface area contributed by atoms with Crippen LogP contribution in [0, 0.1) is 0 Å². The molecule has 0 aliphatic heterocycles. The van der Waals surface area contributed by atoms with Crippen molar-refractivity contribution in [1.29, 1.82) is 0 Å². The third-order valence-corrected chi connectivity index (χ3v) is 1.15. The van der Waals surface area contributed by atoms with Gasteiger partial charge in [0.05, 0.1) is 0 Å². The highest BCUT2D eigenvalue weighted by atomic mass is 31.1. The van der Waals surface area contributed by atoms with Gasteiger partial charge < -0.3 is 0 Å². The van der Waals surface area contributed by atoms with E-state index in [2.05, 4.69) is 11.6 Å². The van der Waals surface area contributed by atoms with Crippen LogP contribution in [0.3, 0.4) is 0 Å². The average Bonchev–Trinajstić information content (AvgIpc) is 1.61. The Balaban J connectivity index is 3.07. The lowest BCUT2D eigenvalue weighted by molar-refractivity contribution is 1.79. The van der Waals surface area contributed by atoms with Gasteiger partial charge in [0, 0.05) is 0 Å². The predicted octanol–water partition coefficient (Wildman–Crippen LogP) is 2.29. The van der Waals surface area contributed by atoms with Crippen molar-refractivity contribution in [2.24, 2.45) is 0 Å². The second-order valence-corrected chi connectivity index (χ2v) is 2.00. The third-order valence-electron chi connectivity index (χ3n) is 0.384. The van der Waals surface area contributed by atoms with E-state index in [1.807, 2.05) is 19.9 Å². The zero-order valence-electron chi connectivity index (χ0n) is 4.18. The first kappa shape index (κ1) is 5.91. The van der Waals surface area contributed by atoms with Crippen LogP contribution >= 0.6 is 8.20 Å². The summed E-state index contributed by atoms with van der Waals surface area (Å²) in [6, 6.07) is 0. The van der Waals surface area contributed by atoms with Crippen LogP contribution < -0.4 is 0 Å². The van der Waals surface area contributed by atoms with Crippen LogP contribution in [0.15, 0.2) is 11.9 Å². The van der Waals surface area contributed by atoms with Gasteiger partial charge in [0.2, 0.25) is 0 Å². The average molecular weight is 100 g/mol. The molecule has 0 aromatic carbocycles. The van der Waals surface area contributed by atoms with Crippen molar-refractivity contribution in [3.63, 3.8) is 0 Å². The number of allylic oxidation sites excluding steroid dienone is 1.